The number of hydrogen-bond donors (Lipinski definition) is 1. The van der Waals surface area contributed by atoms with Crippen LogP contribution in [0.2, 0.25) is 0 Å². The molecule has 0 saturated carbocycles. The van der Waals surface area contributed by atoms with Crippen LogP contribution in [0.15, 0.2) is 0 Å². The van der Waals surface area contributed by atoms with Crippen molar-refractivity contribution in [1.29, 1.82) is 0 Å². The third kappa shape index (κ3) is 1.91. The van der Waals surface area contributed by atoms with Gasteiger partial charge in [0.25, 0.3) is 0 Å². The zero-order valence-corrected chi connectivity index (χ0v) is 8.83. The van der Waals surface area contributed by atoms with Crippen molar-refractivity contribution in [3.05, 3.63) is 0 Å². The Morgan fingerprint density at radius 1 is 1.36 bits per heavy atom. The van der Waals surface area contributed by atoms with Gasteiger partial charge in [0.15, 0.2) is 0 Å². The molecule has 4 heteroatoms. The van der Waals surface area contributed by atoms with E-state index in [1.54, 1.807) is 0 Å². The second kappa shape index (κ2) is 4.28. The molecule has 4 nitrogen and oxygen atoms in total. The van der Waals surface area contributed by atoms with E-state index in [0.29, 0.717) is 18.5 Å². The first-order chi connectivity index (χ1) is 6.79. The molecule has 0 aromatic carbocycles. The number of nitrogens with zero attached hydrogens (tertiary/aromatic N) is 2. The molecule has 2 rings (SSSR count). The van der Waals surface area contributed by atoms with Crippen LogP contribution in [0, 0.1) is 0 Å². The molecular formula is C10H19N3O. The largest absolute Gasteiger partial charge is 0.326 e. The molecule has 0 aliphatic carbocycles. The number of rotatable bonds is 1. The molecule has 1 N–H and O–H groups in total. The van der Waals surface area contributed by atoms with Gasteiger partial charge in [-0.25, -0.2) is 0 Å². The minimum atomic E-state index is 0.314. The summed E-state index contributed by atoms with van der Waals surface area (Å²) in [5, 5.41) is 3.26. The standard InChI is InChI=1S/C10H19N3O/c1-12-7-2-3-9(12)13-8-6-11-5-4-10(13)14/h9,11H,2-8H2,1H3. The molecule has 2 aliphatic rings. The van der Waals surface area contributed by atoms with Gasteiger partial charge in [0.2, 0.25) is 5.91 Å². The number of amides is 1. The van der Waals surface area contributed by atoms with Crippen LogP contribution in [0.1, 0.15) is 19.3 Å². The maximum Gasteiger partial charge on any atom is 0.225 e. The van der Waals surface area contributed by atoms with E-state index in [2.05, 4.69) is 17.3 Å². The van der Waals surface area contributed by atoms with E-state index in [1.807, 2.05) is 4.90 Å². The first kappa shape index (κ1) is 9.93. The molecule has 0 aromatic heterocycles. The summed E-state index contributed by atoms with van der Waals surface area (Å²) in [4.78, 5) is 16.1. The van der Waals surface area contributed by atoms with Gasteiger partial charge in [-0.1, -0.05) is 0 Å². The Hall–Kier alpha value is -0.610. The average molecular weight is 197 g/mol. The Morgan fingerprint density at radius 3 is 2.93 bits per heavy atom. The quantitative estimate of drug-likeness (QED) is 0.635. The van der Waals surface area contributed by atoms with Crippen molar-refractivity contribution in [3.63, 3.8) is 0 Å². The van der Waals surface area contributed by atoms with Crippen molar-refractivity contribution in [2.24, 2.45) is 0 Å². The van der Waals surface area contributed by atoms with Crippen LogP contribution < -0.4 is 5.32 Å². The fourth-order valence-electron chi connectivity index (χ4n) is 2.39. The van der Waals surface area contributed by atoms with Gasteiger partial charge in [-0.05, 0) is 26.4 Å². The lowest BCUT2D eigenvalue weighted by atomic mass is 10.2. The zero-order valence-electron chi connectivity index (χ0n) is 8.83. The lowest BCUT2D eigenvalue weighted by Crippen LogP contribution is -2.47. The van der Waals surface area contributed by atoms with E-state index in [-0.39, 0.29) is 0 Å². The van der Waals surface area contributed by atoms with Gasteiger partial charge < -0.3 is 10.2 Å². The van der Waals surface area contributed by atoms with E-state index in [4.69, 9.17) is 0 Å². The van der Waals surface area contributed by atoms with Crippen molar-refractivity contribution in [2.45, 2.75) is 25.4 Å². The fourth-order valence-corrected chi connectivity index (χ4v) is 2.39. The molecule has 0 bridgehead atoms. The Labute approximate surface area is 85.2 Å². The number of likely N-dealkylation sites (tertiary alicyclic amines) is 1. The summed E-state index contributed by atoms with van der Waals surface area (Å²) in [7, 11) is 2.11. The maximum atomic E-state index is 11.8. The highest BCUT2D eigenvalue weighted by molar-refractivity contribution is 5.77. The SMILES string of the molecule is CN1CCCC1N1CCNCCC1=O. The Morgan fingerprint density at radius 2 is 2.21 bits per heavy atom. The van der Waals surface area contributed by atoms with E-state index >= 15 is 0 Å². The Balaban J connectivity index is 2.02. The third-order valence-electron chi connectivity index (χ3n) is 3.21. The first-order valence-electron chi connectivity index (χ1n) is 5.49. The third-order valence-corrected chi connectivity index (χ3v) is 3.21. The summed E-state index contributed by atoms with van der Waals surface area (Å²) >= 11 is 0. The second-order valence-electron chi connectivity index (χ2n) is 4.19. The molecule has 2 aliphatic heterocycles. The number of nitrogens with one attached hydrogen (secondary N) is 1. The van der Waals surface area contributed by atoms with Crippen LogP contribution in [0.3, 0.4) is 0 Å². The van der Waals surface area contributed by atoms with Gasteiger partial charge in [-0.3, -0.25) is 9.69 Å². The van der Waals surface area contributed by atoms with Gasteiger partial charge in [0, 0.05) is 26.1 Å². The summed E-state index contributed by atoms with van der Waals surface area (Å²) in [5.41, 5.74) is 0. The Kier molecular flexibility index (Phi) is 3.03. The van der Waals surface area contributed by atoms with Gasteiger partial charge in [-0.15, -0.1) is 0 Å². The van der Waals surface area contributed by atoms with Crippen LogP contribution in [0.4, 0.5) is 0 Å². The van der Waals surface area contributed by atoms with Gasteiger partial charge in [0.05, 0.1) is 6.17 Å². The molecular weight excluding hydrogens is 178 g/mol. The van der Waals surface area contributed by atoms with Crippen molar-refractivity contribution in [3.8, 4) is 0 Å². The van der Waals surface area contributed by atoms with Crippen molar-refractivity contribution in [2.75, 3.05) is 33.2 Å². The Bertz CT molecular complexity index is 219. The van der Waals surface area contributed by atoms with Crippen LogP contribution in [-0.4, -0.2) is 55.1 Å². The molecule has 2 heterocycles. The molecule has 0 spiro atoms. The molecule has 1 unspecified atom stereocenters. The maximum absolute atomic E-state index is 11.8. The summed E-state index contributed by atoms with van der Waals surface area (Å²) in [6.45, 7) is 3.78. The van der Waals surface area contributed by atoms with Crippen LogP contribution in [-0.2, 0) is 4.79 Å². The second-order valence-corrected chi connectivity index (χ2v) is 4.19. The summed E-state index contributed by atoms with van der Waals surface area (Å²) in [5.74, 6) is 0.314. The average Bonchev–Trinajstić information content (AvgIpc) is 2.46. The van der Waals surface area contributed by atoms with E-state index < -0.39 is 0 Å². The van der Waals surface area contributed by atoms with Crippen molar-refractivity contribution >= 4 is 5.91 Å². The molecule has 80 valence electrons. The topological polar surface area (TPSA) is 35.6 Å². The molecule has 1 amide bonds. The normalized spacial score (nSPS) is 30.8. The predicted molar refractivity (Wildman–Crippen MR) is 54.9 cm³/mol. The molecule has 1 atom stereocenters. The lowest BCUT2D eigenvalue weighted by molar-refractivity contribution is -0.135. The van der Waals surface area contributed by atoms with Gasteiger partial charge >= 0.3 is 0 Å². The van der Waals surface area contributed by atoms with E-state index in [1.165, 1.54) is 6.42 Å². The predicted octanol–water partition coefficient (Wildman–Crippen LogP) is -0.140. The number of carbonyl (C=O) groups is 1. The van der Waals surface area contributed by atoms with Crippen LogP contribution in [0.25, 0.3) is 0 Å². The smallest absolute Gasteiger partial charge is 0.225 e. The monoisotopic (exact) mass is 197 g/mol. The van der Waals surface area contributed by atoms with Crippen molar-refractivity contribution in [1.82, 2.24) is 15.1 Å². The molecule has 2 fully saturated rings. The molecule has 0 radical (unpaired) electrons. The highest BCUT2D eigenvalue weighted by Gasteiger charge is 2.30. The highest BCUT2D eigenvalue weighted by atomic mass is 16.2. The number of hydrogen-bond acceptors (Lipinski definition) is 3. The minimum absolute atomic E-state index is 0.314. The lowest BCUT2D eigenvalue weighted by Gasteiger charge is -2.32. The highest BCUT2D eigenvalue weighted by Crippen LogP contribution is 2.19. The molecule has 2 saturated heterocycles. The number of carbonyl (C=O) groups excluding carboxylic acids is 1. The molecule has 0 aromatic rings. The summed E-state index contributed by atoms with van der Waals surface area (Å²) in [6, 6.07) is 0. The minimum Gasteiger partial charge on any atom is -0.326 e. The molecule has 14 heavy (non-hydrogen) atoms. The van der Waals surface area contributed by atoms with E-state index in [9.17, 15) is 4.79 Å². The fraction of sp³-hybridized carbons (Fsp3) is 0.900. The summed E-state index contributed by atoms with van der Waals surface area (Å²) in [6.07, 6.45) is 3.38. The van der Waals surface area contributed by atoms with Crippen LogP contribution >= 0.6 is 0 Å². The van der Waals surface area contributed by atoms with E-state index in [0.717, 1.165) is 32.6 Å². The zero-order chi connectivity index (χ0) is 9.97. The van der Waals surface area contributed by atoms with Crippen molar-refractivity contribution < 1.29 is 4.79 Å². The van der Waals surface area contributed by atoms with Gasteiger partial charge in [0.1, 0.15) is 0 Å². The first-order valence-corrected chi connectivity index (χ1v) is 5.49. The van der Waals surface area contributed by atoms with Gasteiger partial charge in [-0.2, -0.15) is 0 Å². The van der Waals surface area contributed by atoms with Crippen LogP contribution in [0.5, 0.6) is 0 Å². The summed E-state index contributed by atoms with van der Waals surface area (Å²) < 4.78 is 0.